The van der Waals surface area contributed by atoms with E-state index in [0.29, 0.717) is 0 Å². The Balaban J connectivity index is 1.91. The largest absolute Gasteiger partial charge is 0.312 e. The lowest BCUT2D eigenvalue weighted by Crippen LogP contribution is -2.36. The Hall–Kier alpha value is -0.0800. The Labute approximate surface area is 115 Å². The van der Waals surface area contributed by atoms with Gasteiger partial charge in [0.1, 0.15) is 0 Å². The van der Waals surface area contributed by atoms with Crippen molar-refractivity contribution in [3.05, 3.63) is 0 Å². The molecule has 1 N–H and O–H groups in total. The molecule has 0 spiro atoms. The van der Waals surface area contributed by atoms with E-state index in [9.17, 15) is 0 Å². The van der Waals surface area contributed by atoms with Crippen molar-refractivity contribution in [2.75, 3.05) is 19.6 Å². The maximum atomic E-state index is 3.56. The molecule has 0 saturated heterocycles. The third-order valence-corrected chi connectivity index (χ3v) is 3.60. The van der Waals surface area contributed by atoms with Gasteiger partial charge in [-0.05, 0) is 72.5 Å². The molecule has 2 heteroatoms. The van der Waals surface area contributed by atoms with Gasteiger partial charge in [-0.15, -0.1) is 0 Å². The quantitative estimate of drug-likeness (QED) is 0.596. The van der Waals surface area contributed by atoms with Crippen LogP contribution in [0.1, 0.15) is 72.6 Å². The normalized spacial score (nSPS) is 16.5. The third-order valence-electron chi connectivity index (χ3n) is 3.60. The molecule has 0 unspecified atom stereocenters. The van der Waals surface area contributed by atoms with E-state index in [1.165, 1.54) is 64.6 Å². The second-order valence-corrected chi connectivity index (χ2v) is 6.86. The number of rotatable bonds is 10. The van der Waals surface area contributed by atoms with Crippen molar-refractivity contribution in [1.82, 2.24) is 10.2 Å². The molecule has 1 aliphatic carbocycles. The van der Waals surface area contributed by atoms with Crippen molar-refractivity contribution >= 4 is 0 Å². The van der Waals surface area contributed by atoms with E-state index in [1.807, 2.05) is 0 Å². The van der Waals surface area contributed by atoms with Gasteiger partial charge in [-0.3, -0.25) is 0 Å². The first-order chi connectivity index (χ1) is 8.53. The SMILES string of the molecule is CCCN(CCCCCCNC(C)(C)C)C1CC1. The van der Waals surface area contributed by atoms with Crippen LogP contribution in [-0.2, 0) is 0 Å². The van der Waals surface area contributed by atoms with Gasteiger partial charge in [0.05, 0.1) is 0 Å². The van der Waals surface area contributed by atoms with Crippen LogP contribution >= 0.6 is 0 Å². The number of unbranched alkanes of at least 4 members (excludes halogenated alkanes) is 3. The first-order valence-electron chi connectivity index (χ1n) is 8.02. The van der Waals surface area contributed by atoms with Crippen molar-refractivity contribution in [3.8, 4) is 0 Å². The van der Waals surface area contributed by atoms with Crippen LogP contribution in [0.15, 0.2) is 0 Å². The number of nitrogens with zero attached hydrogens (tertiary/aromatic N) is 1. The first-order valence-corrected chi connectivity index (χ1v) is 8.02. The summed E-state index contributed by atoms with van der Waals surface area (Å²) in [5.74, 6) is 0. The second kappa shape index (κ2) is 8.16. The number of hydrogen-bond acceptors (Lipinski definition) is 2. The number of hydrogen-bond donors (Lipinski definition) is 1. The highest BCUT2D eigenvalue weighted by Crippen LogP contribution is 2.27. The minimum Gasteiger partial charge on any atom is -0.312 e. The van der Waals surface area contributed by atoms with E-state index < -0.39 is 0 Å². The lowest BCUT2D eigenvalue weighted by Gasteiger charge is -2.21. The maximum Gasteiger partial charge on any atom is 0.00965 e. The Morgan fingerprint density at radius 3 is 2.22 bits per heavy atom. The highest BCUT2D eigenvalue weighted by molar-refractivity contribution is 4.84. The Bertz CT molecular complexity index is 204. The van der Waals surface area contributed by atoms with Gasteiger partial charge in [-0.2, -0.15) is 0 Å². The fourth-order valence-corrected chi connectivity index (χ4v) is 2.46. The second-order valence-electron chi connectivity index (χ2n) is 6.86. The van der Waals surface area contributed by atoms with Crippen LogP contribution in [-0.4, -0.2) is 36.1 Å². The van der Waals surface area contributed by atoms with Gasteiger partial charge in [0, 0.05) is 11.6 Å². The van der Waals surface area contributed by atoms with Crippen molar-refractivity contribution in [1.29, 1.82) is 0 Å². The summed E-state index contributed by atoms with van der Waals surface area (Å²) in [6, 6.07) is 0.951. The van der Waals surface area contributed by atoms with Crippen LogP contribution in [0.5, 0.6) is 0 Å². The van der Waals surface area contributed by atoms with Crippen molar-refractivity contribution < 1.29 is 0 Å². The zero-order valence-corrected chi connectivity index (χ0v) is 13.1. The summed E-state index contributed by atoms with van der Waals surface area (Å²) in [5, 5.41) is 3.56. The van der Waals surface area contributed by atoms with Crippen LogP contribution < -0.4 is 5.32 Å². The molecule has 0 atom stereocenters. The topological polar surface area (TPSA) is 15.3 Å². The van der Waals surface area contributed by atoms with Crippen LogP contribution in [0.2, 0.25) is 0 Å². The highest BCUT2D eigenvalue weighted by atomic mass is 15.2. The van der Waals surface area contributed by atoms with Crippen molar-refractivity contribution in [2.45, 2.75) is 84.2 Å². The van der Waals surface area contributed by atoms with Gasteiger partial charge in [-0.25, -0.2) is 0 Å². The summed E-state index contributed by atoms with van der Waals surface area (Å²) in [5.41, 5.74) is 0.282. The highest BCUT2D eigenvalue weighted by Gasteiger charge is 2.27. The van der Waals surface area contributed by atoms with Crippen molar-refractivity contribution in [3.63, 3.8) is 0 Å². The molecule has 1 rings (SSSR count). The van der Waals surface area contributed by atoms with Crippen LogP contribution in [0.3, 0.4) is 0 Å². The van der Waals surface area contributed by atoms with Gasteiger partial charge in [0.2, 0.25) is 0 Å². The molecule has 0 bridgehead atoms. The molecule has 0 radical (unpaired) electrons. The Morgan fingerprint density at radius 2 is 1.67 bits per heavy atom. The average Bonchev–Trinajstić information content (AvgIpc) is 3.08. The minimum absolute atomic E-state index is 0.282. The monoisotopic (exact) mass is 254 g/mol. The smallest absolute Gasteiger partial charge is 0.00965 e. The summed E-state index contributed by atoms with van der Waals surface area (Å²) < 4.78 is 0. The standard InChI is InChI=1S/C16H34N2/c1-5-13-18(15-10-11-15)14-9-7-6-8-12-17-16(2,3)4/h15,17H,5-14H2,1-4H3. The van der Waals surface area contributed by atoms with Gasteiger partial charge in [-0.1, -0.05) is 19.8 Å². The summed E-state index contributed by atoms with van der Waals surface area (Å²) in [4.78, 5) is 2.72. The zero-order valence-electron chi connectivity index (χ0n) is 13.1. The Kier molecular flexibility index (Phi) is 7.25. The molecule has 0 aromatic rings. The number of nitrogens with one attached hydrogen (secondary N) is 1. The molecule has 0 aromatic heterocycles. The van der Waals surface area contributed by atoms with E-state index in [4.69, 9.17) is 0 Å². The molecule has 0 aliphatic heterocycles. The van der Waals surface area contributed by atoms with Gasteiger partial charge in [0.15, 0.2) is 0 Å². The molecular formula is C16H34N2. The van der Waals surface area contributed by atoms with E-state index >= 15 is 0 Å². The van der Waals surface area contributed by atoms with E-state index in [-0.39, 0.29) is 5.54 Å². The molecule has 18 heavy (non-hydrogen) atoms. The predicted molar refractivity (Wildman–Crippen MR) is 81.1 cm³/mol. The fraction of sp³-hybridized carbons (Fsp3) is 1.00. The van der Waals surface area contributed by atoms with E-state index in [0.717, 1.165) is 6.04 Å². The summed E-state index contributed by atoms with van der Waals surface area (Å²) in [6.07, 6.45) is 9.73. The zero-order chi connectivity index (χ0) is 13.4. The minimum atomic E-state index is 0.282. The third kappa shape index (κ3) is 8.10. The van der Waals surface area contributed by atoms with Gasteiger partial charge in [0.25, 0.3) is 0 Å². The molecule has 0 aromatic carbocycles. The Morgan fingerprint density at radius 1 is 1.00 bits per heavy atom. The van der Waals surface area contributed by atoms with Crippen LogP contribution in [0, 0.1) is 0 Å². The molecule has 1 saturated carbocycles. The summed E-state index contributed by atoms with van der Waals surface area (Å²) in [7, 11) is 0. The lowest BCUT2D eigenvalue weighted by molar-refractivity contribution is 0.257. The predicted octanol–water partition coefficient (Wildman–Crippen LogP) is 3.81. The van der Waals surface area contributed by atoms with Gasteiger partial charge < -0.3 is 10.2 Å². The molecule has 0 heterocycles. The average molecular weight is 254 g/mol. The molecule has 2 nitrogen and oxygen atoms in total. The molecule has 1 fully saturated rings. The summed E-state index contributed by atoms with van der Waals surface area (Å²) in [6.45, 7) is 12.8. The lowest BCUT2D eigenvalue weighted by atomic mass is 10.1. The fourth-order valence-electron chi connectivity index (χ4n) is 2.46. The van der Waals surface area contributed by atoms with E-state index in [2.05, 4.69) is 37.9 Å². The molecule has 108 valence electrons. The summed E-state index contributed by atoms with van der Waals surface area (Å²) >= 11 is 0. The van der Waals surface area contributed by atoms with Gasteiger partial charge >= 0.3 is 0 Å². The van der Waals surface area contributed by atoms with Crippen LogP contribution in [0.25, 0.3) is 0 Å². The van der Waals surface area contributed by atoms with Crippen molar-refractivity contribution in [2.24, 2.45) is 0 Å². The van der Waals surface area contributed by atoms with Crippen LogP contribution in [0.4, 0.5) is 0 Å². The molecular weight excluding hydrogens is 220 g/mol. The maximum absolute atomic E-state index is 3.56. The van der Waals surface area contributed by atoms with E-state index in [1.54, 1.807) is 0 Å². The first kappa shape index (κ1) is 16.0. The molecule has 0 amide bonds. The molecule has 1 aliphatic rings.